The van der Waals surface area contributed by atoms with Gasteiger partial charge in [0.1, 0.15) is 5.75 Å². The zero-order valence-electron chi connectivity index (χ0n) is 9.62. The Morgan fingerprint density at radius 1 is 1.50 bits per heavy atom. The summed E-state index contributed by atoms with van der Waals surface area (Å²) in [7, 11) is 1.63. The maximum atomic E-state index is 5.72. The second-order valence-corrected chi connectivity index (χ2v) is 4.44. The normalized spacial score (nSPS) is 11.7. The lowest BCUT2D eigenvalue weighted by Crippen LogP contribution is -2.23. The molecule has 0 saturated heterocycles. The molecule has 0 aliphatic heterocycles. The molecule has 0 atom stereocenters. The van der Waals surface area contributed by atoms with Gasteiger partial charge in [0.25, 0.3) is 0 Å². The smallest absolute Gasteiger partial charge is 0.193 e. The van der Waals surface area contributed by atoms with Crippen LogP contribution in [0.4, 0.5) is 5.69 Å². The molecule has 1 aromatic carbocycles. The number of hydrogen-bond acceptors (Lipinski definition) is 2. The Kier molecular flexibility index (Phi) is 4.61. The van der Waals surface area contributed by atoms with Crippen LogP contribution in [0.1, 0.15) is 13.8 Å². The van der Waals surface area contributed by atoms with E-state index < -0.39 is 0 Å². The third kappa shape index (κ3) is 3.73. The highest BCUT2D eigenvalue weighted by molar-refractivity contribution is 9.10. The van der Waals surface area contributed by atoms with Crippen LogP contribution in [0.5, 0.6) is 5.75 Å². The lowest BCUT2D eigenvalue weighted by Gasteiger charge is -2.09. The fraction of sp³-hybridized carbons (Fsp3) is 0.364. The van der Waals surface area contributed by atoms with Crippen molar-refractivity contribution in [2.45, 2.75) is 19.9 Å². The first-order valence-corrected chi connectivity index (χ1v) is 5.76. The van der Waals surface area contributed by atoms with E-state index in [9.17, 15) is 0 Å². The quantitative estimate of drug-likeness (QED) is 0.663. The van der Waals surface area contributed by atoms with Crippen LogP contribution in [0.2, 0.25) is 0 Å². The number of anilines is 1. The molecule has 0 fully saturated rings. The van der Waals surface area contributed by atoms with Gasteiger partial charge < -0.3 is 15.8 Å². The first-order chi connectivity index (χ1) is 7.52. The predicted octanol–water partition coefficient (Wildman–Crippen LogP) is 2.59. The first-order valence-electron chi connectivity index (χ1n) is 4.96. The second-order valence-electron chi connectivity index (χ2n) is 3.58. The van der Waals surface area contributed by atoms with Gasteiger partial charge in [-0.2, -0.15) is 0 Å². The van der Waals surface area contributed by atoms with Gasteiger partial charge in [-0.15, -0.1) is 0 Å². The van der Waals surface area contributed by atoms with Gasteiger partial charge in [0.15, 0.2) is 5.96 Å². The summed E-state index contributed by atoms with van der Waals surface area (Å²) in [5.41, 5.74) is 6.59. The molecular formula is C11H16BrN3O. The fourth-order valence-corrected chi connectivity index (χ4v) is 1.74. The summed E-state index contributed by atoms with van der Waals surface area (Å²) in [6.45, 7) is 3.94. The maximum absolute atomic E-state index is 5.72. The van der Waals surface area contributed by atoms with Gasteiger partial charge in [-0.05, 0) is 48.0 Å². The molecule has 4 nitrogen and oxygen atoms in total. The summed E-state index contributed by atoms with van der Waals surface area (Å²) in [5.74, 6) is 1.19. The van der Waals surface area contributed by atoms with Crippen molar-refractivity contribution in [2.75, 3.05) is 12.4 Å². The van der Waals surface area contributed by atoms with Gasteiger partial charge in [0.05, 0.1) is 11.6 Å². The van der Waals surface area contributed by atoms with E-state index in [0.717, 1.165) is 15.9 Å². The Bertz CT molecular complexity index is 391. The molecule has 0 bridgehead atoms. The average molecular weight is 286 g/mol. The van der Waals surface area contributed by atoms with Crippen LogP contribution in [-0.2, 0) is 0 Å². The van der Waals surface area contributed by atoms with Crippen molar-refractivity contribution in [2.24, 2.45) is 10.7 Å². The number of nitrogens with zero attached hydrogens (tertiary/aromatic N) is 1. The molecule has 0 spiro atoms. The van der Waals surface area contributed by atoms with Crippen LogP contribution >= 0.6 is 15.9 Å². The van der Waals surface area contributed by atoms with Crippen LogP contribution < -0.4 is 15.8 Å². The molecule has 0 saturated carbocycles. The molecule has 0 amide bonds. The van der Waals surface area contributed by atoms with Crippen molar-refractivity contribution in [3.05, 3.63) is 22.7 Å². The Hall–Kier alpha value is -1.23. The van der Waals surface area contributed by atoms with Gasteiger partial charge in [-0.3, -0.25) is 4.99 Å². The zero-order valence-corrected chi connectivity index (χ0v) is 11.2. The Balaban J connectivity index is 2.79. The summed E-state index contributed by atoms with van der Waals surface area (Å²) < 4.78 is 6.01. The highest BCUT2D eigenvalue weighted by Gasteiger charge is 2.02. The topological polar surface area (TPSA) is 59.6 Å². The predicted molar refractivity (Wildman–Crippen MR) is 71.1 cm³/mol. The van der Waals surface area contributed by atoms with Crippen molar-refractivity contribution in [1.82, 2.24) is 0 Å². The largest absolute Gasteiger partial charge is 0.496 e. The van der Waals surface area contributed by atoms with Crippen molar-refractivity contribution in [3.63, 3.8) is 0 Å². The SMILES string of the molecule is COc1ccc(NC(N)=NC(C)C)cc1Br. The Morgan fingerprint density at radius 3 is 2.69 bits per heavy atom. The minimum atomic E-state index is 0.175. The highest BCUT2D eigenvalue weighted by atomic mass is 79.9. The molecule has 0 unspecified atom stereocenters. The number of rotatable bonds is 3. The van der Waals surface area contributed by atoms with Crippen molar-refractivity contribution < 1.29 is 4.74 Å². The van der Waals surface area contributed by atoms with Gasteiger partial charge in [0.2, 0.25) is 0 Å². The number of nitrogens with one attached hydrogen (secondary N) is 1. The average Bonchev–Trinajstić information content (AvgIpc) is 2.16. The van der Waals surface area contributed by atoms with E-state index in [-0.39, 0.29) is 6.04 Å². The third-order valence-electron chi connectivity index (χ3n) is 1.82. The van der Waals surface area contributed by atoms with Crippen LogP contribution in [-0.4, -0.2) is 19.1 Å². The van der Waals surface area contributed by atoms with E-state index in [0.29, 0.717) is 5.96 Å². The number of ether oxygens (including phenoxy) is 1. The monoisotopic (exact) mass is 285 g/mol. The van der Waals surface area contributed by atoms with Crippen LogP contribution in [0.25, 0.3) is 0 Å². The van der Waals surface area contributed by atoms with Crippen LogP contribution in [0.15, 0.2) is 27.7 Å². The van der Waals surface area contributed by atoms with Crippen molar-refractivity contribution in [3.8, 4) is 5.75 Å². The van der Waals surface area contributed by atoms with Gasteiger partial charge in [0, 0.05) is 11.7 Å². The maximum Gasteiger partial charge on any atom is 0.193 e. The molecule has 0 aliphatic carbocycles. The molecule has 1 rings (SSSR count). The minimum absolute atomic E-state index is 0.175. The number of benzene rings is 1. The summed E-state index contributed by atoms with van der Waals surface area (Å²) in [6.07, 6.45) is 0. The summed E-state index contributed by atoms with van der Waals surface area (Å²) in [4.78, 5) is 4.18. The molecule has 0 radical (unpaired) electrons. The zero-order chi connectivity index (χ0) is 12.1. The van der Waals surface area contributed by atoms with E-state index in [1.54, 1.807) is 7.11 Å². The molecule has 0 aliphatic rings. The second kappa shape index (κ2) is 5.75. The number of nitrogens with two attached hydrogens (primary N) is 1. The van der Waals surface area contributed by atoms with E-state index in [1.165, 1.54) is 0 Å². The lowest BCUT2D eigenvalue weighted by molar-refractivity contribution is 0.412. The van der Waals surface area contributed by atoms with Crippen LogP contribution in [0, 0.1) is 0 Å². The van der Waals surface area contributed by atoms with Crippen molar-refractivity contribution >= 4 is 27.6 Å². The third-order valence-corrected chi connectivity index (χ3v) is 2.44. The number of hydrogen-bond donors (Lipinski definition) is 2. The summed E-state index contributed by atoms with van der Waals surface area (Å²) in [5, 5.41) is 3.01. The number of guanidine groups is 1. The van der Waals surface area contributed by atoms with E-state index in [1.807, 2.05) is 32.0 Å². The fourth-order valence-electron chi connectivity index (χ4n) is 1.20. The molecule has 16 heavy (non-hydrogen) atoms. The van der Waals surface area contributed by atoms with Gasteiger partial charge in [-0.1, -0.05) is 0 Å². The summed E-state index contributed by atoms with van der Waals surface area (Å²) in [6, 6.07) is 5.80. The molecule has 1 aromatic rings. The van der Waals surface area contributed by atoms with Crippen LogP contribution in [0.3, 0.4) is 0 Å². The summed E-state index contributed by atoms with van der Waals surface area (Å²) >= 11 is 3.40. The van der Waals surface area contributed by atoms with Gasteiger partial charge in [-0.25, -0.2) is 0 Å². The molecule has 88 valence electrons. The molecule has 0 aromatic heterocycles. The molecular weight excluding hydrogens is 270 g/mol. The number of methoxy groups -OCH3 is 1. The standard InChI is InChI=1S/C11H16BrN3O/c1-7(2)14-11(13)15-8-4-5-10(16-3)9(12)6-8/h4-7H,1-3H3,(H3,13,14,15). The Morgan fingerprint density at radius 2 is 2.19 bits per heavy atom. The van der Waals surface area contributed by atoms with E-state index in [2.05, 4.69) is 26.2 Å². The number of halogens is 1. The molecule has 5 heteroatoms. The van der Waals surface area contributed by atoms with Crippen molar-refractivity contribution in [1.29, 1.82) is 0 Å². The minimum Gasteiger partial charge on any atom is -0.496 e. The lowest BCUT2D eigenvalue weighted by atomic mass is 10.3. The molecule has 0 heterocycles. The van der Waals surface area contributed by atoms with E-state index in [4.69, 9.17) is 10.5 Å². The van der Waals surface area contributed by atoms with Gasteiger partial charge >= 0.3 is 0 Å². The molecule has 3 N–H and O–H groups in total. The highest BCUT2D eigenvalue weighted by Crippen LogP contribution is 2.27. The Labute approximate surface area is 104 Å². The van der Waals surface area contributed by atoms with E-state index >= 15 is 0 Å². The first kappa shape index (κ1) is 12.8. The number of aliphatic imine (C=N–C) groups is 1.